The van der Waals surface area contributed by atoms with Gasteiger partial charge in [-0.05, 0) is 44.2 Å². The van der Waals surface area contributed by atoms with Crippen LogP contribution >= 0.6 is 7.92 Å². The number of hydrogen-bond donors (Lipinski definition) is 0. The molecule has 0 aliphatic carbocycles. The monoisotopic (exact) mass is 213 g/mol. The predicted octanol–water partition coefficient (Wildman–Crippen LogP) is 3.13. The second kappa shape index (κ2) is 4.10. The molecule has 2 fully saturated rings. The Labute approximate surface area is 90.0 Å². The van der Waals surface area contributed by atoms with Gasteiger partial charge in [0.25, 0.3) is 0 Å². The fraction of sp³-hybridized carbons (Fsp3) is 1.00. The smallest absolute Gasteiger partial charge is 0.00846 e. The van der Waals surface area contributed by atoms with Crippen molar-refractivity contribution in [2.75, 3.05) is 12.7 Å². The van der Waals surface area contributed by atoms with Crippen molar-refractivity contribution in [3.63, 3.8) is 0 Å². The van der Waals surface area contributed by atoms with E-state index < -0.39 is 0 Å². The van der Waals surface area contributed by atoms with E-state index in [0.29, 0.717) is 7.92 Å². The minimum absolute atomic E-state index is 0.396. The Morgan fingerprint density at radius 2 is 1.57 bits per heavy atom. The normalized spacial score (nSPS) is 44.6. The lowest BCUT2D eigenvalue weighted by molar-refractivity contribution is 0.0452. The zero-order valence-electron chi connectivity index (χ0n) is 10.0. The van der Waals surface area contributed by atoms with Crippen LogP contribution in [-0.4, -0.2) is 41.0 Å². The van der Waals surface area contributed by atoms with Crippen LogP contribution in [0, 0.1) is 0 Å². The Bertz CT molecular complexity index is 168. The maximum Gasteiger partial charge on any atom is 0.00846 e. The predicted molar refractivity (Wildman–Crippen MR) is 65.6 cm³/mol. The van der Waals surface area contributed by atoms with Crippen molar-refractivity contribution in [1.29, 1.82) is 0 Å². The summed E-state index contributed by atoms with van der Waals surface area (Å²) in [6, 6.07) is 1.73. The molecule has 14 heavy (non-hydrogen) atoms. The van der Waals surface area contributed by atoms with E-state index in [0.717, 1.165) is 23.4 Å². The first-order valence-electron chi connectivity index (χ1n) is 6.11. The van der Waals surface area contributed by atoms with Crippen molar-refractivity contribution < 1.29 is 0 Å². The fourth-order valence-corrected chi connectivity index (χ4v) is 6.23. The molecule has 4 atom stereocenters. The quantitative estimate of drug-likeness (QED) is 0.651. The number of likely N-dealkylation sites (tertiary alicyclic amines) is 1. The van der Waals surface area contributed by atoms with Gasteiger partial charge in [0.05, 0.1) is 0 Å². The molecule has 2 rings (SSSR count). The Morgan fingerprint density at radius 1 is 1.00 bits per heavy atom. The SMILES string of the molecule is C[C@@H]1C[C@@H](C)N1CCP1[C@H](C)C[C@H]1C. The van der Waals surface area contributed by atoms with E-state index in [1.807, 2.05) is 0 Å². The standard InChI is InChI=1S/C12H24NP/c1-9-7-10(2)13(9)5-6-14-11(3)8-12(14)4/h9-12H,5-8H2,1-4H3/t9-,10-,11-,12-/m1/s1. The van der Waals surface area contributed by atoms with E-state index in [1.54, 1.807) is 0 Å². The van der Waals surface area contributed by atoms with E-state index in [-0.39, 0.29) is 0 Å². The molecule has 0 aromatic heterocycles. The summed E-state index contributed by atoms with van der Waals surface area (Å²) in [5.74, 6) is 0. The van der Waals surface area contributed by atoms with Crippen molar-refractivity contribution >= 4 is 7.92 Å². The number of hydrogen-bond acceptors (Lipinski definition) is 1. The molecule has 0 bridgehead atoms. The van der Waals surface area contributed by atoms with Crippen molar-refractivity contribution in [2.24, 2.45) is 0 Å². The van der Waals surface area contributed by atoms with Gasteiger partial charge >= 0.3 is 0 Å². The third-order valence-corrected chi connectivity index (χ3v) is 7.65. The van der Waals surface area contributed by atoms with Crippen LogP contribution in [0.25, 0.3) is 0 Å². The molecule has 2 heteroatoms. The summed E-state index contributed by atoms with van der Waals surface area (Å²) in [5, 5.41) is 0. The zero-order chi connectivity index (χ0) is 10.3. The highest BCUT2D eigenvalue weighted by molar-refractivity contribution is 7.60. The van der Waals surface area contributed by atoms with E-state index in [1.165, 1.54) is 25.5 Å². The van der Waals surface area contributed by atoms with Crippen LogP contribution in [0.1, 0.15) is 40.5 Å². The van der Waals surface area contributed by atoms with E-state index in [2.05, 4.69) is 32.6 Å². The molecule has 0 spiro atoms. The molecule has 0 amide bonds. The summed E-state index contributed by atoms with van der Waals surface area (Å²) in [6.07, 6.45) is 4.42. The fourth-order valence-electron chi connectivity index (χ4n) is 3.23. The Kier molecular flexibility index (Phi) is 3.19. The second-order valence-corrected chi connectivity index (χ2v) is 8.58. The highest BCUT2D eigenvalue weighted by atomic mass is 31.1. The van der Waals surface area contributed by atoms with E-state index in [4.69, 9.17) is 0 Å². The van der Waals surface area contributed by atoms with Crippen LogP contribution in [0.3, 0.4) is 0 Å². The van der Waals surface area contributed by atoms with Gasteiger partial charge in [-0.3, -0.25) is 4.90 Å². The minimum Gasteiger partial charge on any atom is -0.298 e. The highest BCUT2D eigenvalue weighted by Gasteiger charge is 2.36. The van der Waals surface area contributed by atoms with Crippen molar-refractivity contribution in [1.82, 2.24) is 4.90 Å². The number of rotatable bonds is 3. The molecular weight excluding hydrogens is 189 g/mol. The maximum absolute atomic E-state index is 2.69. The zero-order valence-corrected chi connectivity index (χ0v) is 10.9. The summed E-state index contributed by atoms with van der Waals surface area (Å²) in [4.78, 5) is 2.69. The van der Waals surface area contributed by atoms with Crippen LogP contribution in [0.5, 0.6) is 0 Å². The molecule has 0 aromatic rings. The summed E-state index contributed by atoms with van der Waals surface area (Å²) in [7, 11) is 0.396. The second-order valence-electron chi connectivity index (χ2n) is 5.34. The summed E-state index contributed by atoms with van der Waals surface area (Å²) >= 11 is 0. The lowest BCUT2D eigenvalue weighted by Gasteiger charge is -2.48. The summed E-state index contributed by atoms with van der Waals surface area (Å²) in [6.45, 7) is 11.0. The Morgan fingerprint density at radius 3 is 2.00 bits per heavy atom. The van der Waals surface area contributed by atoms with E-state index >= 15 is 0 Å². The molecule has 0 aromatic carbocycles. The average Bonchev–Trinajstić information content (AvgIpc) is 2.12. The van der Waals surface area contributed by atoms with Gasteiger partial charge in [0.1, 0.15) is 0 Å². The molecule has 0 radical (unpaired) electrons. The third kappa shape index (κ3) is 1.86. The van der Waals surface area contributed by atoms with Crippen molar-refractivity contribution in [3.05, 3.63) is 0 Å². The van der Waals surface area contributed by atoms with Gasteiger partial charge in [0.2, 0.25) is 0 Å². The lowest BCUT2D eigenvalue weighted by Crippen LogP contribution is -2.53. The summed E-state index contributed by atoms with van der Waals surface area (Å²) < 4.78 is 0. The van der Waals surface area contributed by atoms with Crippen LogP contribution in [0.4, 0.5) is 0 Å². The Balaban J connectivity index is 1.72. The molecule has 0 unspecified atom stereocenters. The van der Waals surface area contributed by atoms with Gasteiger partial charge < -0.3 is 0 Å². The molecule has 0 saturated carbocycles. The Hall–Kier alpha value is 0.390. The largest absolute Gasteiger partial charge is 0.298 e. The molecule has 0 N–H and O–H groups in total. The van der Waals surface area contributed by atoms with Gasteiger partial charge in [0.15, 0.2) is 0 Å². The summed E-state index contributed by atoms with van der Waals surface area (Å²) in [5.41, 5.74) is 2.12. The molecule has 1 nitrogen and oxygen atoms in total. The molecule has 2 heterocycles. The average molecular weight is 213 g/mol. The van der Waals surface area contributed by atoms with Gasteiger partial charge in [-0.2, -0.15) is 0 Å². The highest BCUT2D eigenvalue weighted by Crippen LogP contribution is 2.58. The molecule has 82 valence electrons. The van der Waals surface area contributed by atoms with Crippen LogP contribution in [-0.2, 0) is 0 Å². The third-order valence-electron chi connectivity index (χ3n) is 4.25. The van der Waals surface area contributed by atoms with Crippen molar-refractivity contribution in [2.45, 2.75) is 63.9 Å². The first-order chi connectivity index (χ1) is 6.59. The minimum atomic E-state index is 0.396. The molecular formula is C12H24NP. The molecule has 2 saturated heterocycles. The van der Waals surface area contributed by atoms with Gasteiger partial charge in [-0.25, -0.2) is 0 Å². The van der Waals surface area contributed by atoms with Gasteiger partial charge in [-0.15, -0.1) is 0 Å². The lowest BCUT2D eigenvalue weighted by atomic mass is 9.96. The van der Waals surface area contributed by atoms with Crippen molar-refractivity contribution in [3.8, 4) is 0 Å². The van der Waals surface area contributed by atoms with Gasteiger partial charge in [-0.1, -0.05) is 21.8 Å². The number of nitrogens with zero attached hydrogens (tertiary/aromatic N) is 1. The maximum atomic E-state index is 2.69. The van der Waals surface area contributed by atoms with E-state index in [9.17, 15) is 0 Å². The van der Waals surface area contributed by atoms with Crippen LogP contribution in [0.15, 0.2) is 0 Å². The topological polar surface area (TPSA) is 3.24 Å². The van der Waals surface area contributed by atoms with Crippen LogP contribution < -0.4 is 0 Å². The molecule has 2 aliphatic heterocycles. The van der Waals surface area contributed by atoms with Gasteiger partial charge in [0, 0.05) is 18.6 Å². The van der Waals surface area contributed by atoms with Crippen LogP contribution in [0.2, 0.25) is 0 Å². The molecule has 2 aliphatic rings. The first kappa shape index (κ1) is 10.9. The first-order valence-corrected chi connectivity index (χ1v) is 7.77.